The summed E-state index contributed by atoms with van der Waals surface area (Å²) in [6.45, 7) is 0. The van der Waals surface area contributed by atoms with E-state index in [2.05, 4.69) is 10.3 Å². The van der Waals surface area contributed by atoms with Crippen LogP contribution in [0.2, 0.25) is 10.0 Å². The van der Waals surface area contributed by atoms with E-state index in [1.54, 1.807) is 12.3 Å². The Morgan fingerprint density at radius 3 is 2.63 bits per heavy atom. The predicted molar refractivity (Wildman–Crippen MR) is 75.6 cm³/mol. The molecule has 19 heavy (non-hydrogen) atoms. The Balaban J connectivity index is 1.90. The van der Waals surface area contributed by atoms with Crippen molar-refractivity contribution in [2.75, 3.05) is 12.4 Å². The summed E-state index contributed by atoms with van der Waals surface area (Å²) in [5, 5.41) is 4.33. The average Bonchev–Trinajstić information content (AvgIpc) is 2.42. The van der Waals surface area contributed by atoms with Crippen LogP contribution in [0.15, 0.2) is 12.3 Å². The molecule has 1 saturated carbocycles. The summed E-state index contributed by atoms with van der Waals surface area (Å²) in [7, 11) is 1.43. The Morgan fingerprint density at radius 2 is 2.05 bits per heavy atom. The van der Waals surface area contributed by atoms with Crippen LogP contribution in [0.1, 0.15) is 25.7 Å². The summed E-state index contributed by atoms with van der Waals surface area (Å²) in [5.74, 6) is 0.561. The number of esters is 1. The van der Waals surface area contributed by atoms with Crippen LogP contribution in [0, 0.1) is 5.92 Å². The quantitative estimate of drug-likeness (QED) is 0.868. The van der Waals surface area contributed by atoms with E-state index in [-0.39, 0.29) is 17.9 Å². The molecule has 104 valence electrons. The summed E-state index contributed by atoms with van der Waals surface area (Å²) >= 11 is 11.9. The number of hydrogen-bond donors (Lipinski definition) is 1. The molecule has 0 aromatic carbocycles. The first-order chi connectivity index (χ1) is 9.10. The largest absolute Gasteiger partial charge is 0.469 e. The summed E-state index contributed by atoms with van der Waals surface area (Å²) in [6, 6.07) is 1.95. The van der Waals surface area contributed by atoms with E-state index in [9.17, 15) is 4.79 Å². The van der Waals surface area contributed by atoms with Crippen LogP contribution in [-0.4, -0.2) is 24.1 Å². The fourth-order valence-electron chi connectivity index (χ4n) is 2.35. The lowest BCUT2D eigenvalue weighted by Gasteiger charge is -2.28. The number of rotatable bonds is 3. The number of carbonyl (C=O) groups excluding carboxylic acids is 1. The average molecular weight is 303 g/mol. The number of nitrogens with one attached hydrogen (secondary N) is 1. The molecule has 2 rings (SSSR count). The predicted octanol–water partition coefficient (Wildman–Crippen LogP) is 3.53. The Labute approximate surface area is 122 Å². The fraction of sp³-hybridized carbons (Fsp3) is 0.538. The molecule has 0 aliphatic heterocycles. The van der Waals surface area contributed by atoms with Gasteiger partial charge in [-0.3, -0.25) is 4.79 Å². The van der Waals surface area contributed by atoms with Gasteiger partial charge >= 0.3 is 5.97 Å². The number of carbonyl (C=O) groups is 1. The molecule has 1 fully saturated rings. The molecule has 0 unspecified atom stereocenters. The first kappa shape index (κ1) is 14.4. The van der Waals surface area contributed by atoms with Crippen molar-refractivity contribution < 1.29 is 9.53 Å². The minimum Gasteiger partial charge on any atom is -0.469 e. The highest BCUT2D eigenvalue weighted by Gasteiger charge is 2.27. The monoisotopic (exact) mass is 302 g/mol. The number of halogens is 2. The number of hydrogen-bond acceptors (Lipinski definition) is 4. The number of ether oxygens (including phenoxy) is 1. The topological polar surface area (TPSA) is 51.2 Å². The molecule has 0 amide bonds. The normalized spacial score (nSPS) is 22.9. The minimum absolute atomic E-state index is 0.0247. The SMILES string of the molecule is COC(=O)C1CCC(Nc2ncc(Cl)cc2Cl)CC1. The van der Waals surface area contributed by atoms with Gasteiger partial charge in [-0.15, -0.1) is 0 Å². The lowest BCUT2D eigenvalue weighted by molar-refractivity contribution is -0.146. The van der Waals surface area contributed by atoms with Crippen LogP contribution in [0.5, 0.6) is 0 Å². The van der Waals surface area contributed by atoms with Crippen molar-refractivity contribution in [3.8, 4) is 0 Å². The highest BCUT2D eigenvalue weighted by Crippen LogP contribution is 2.29. The second-order valence-corrected chi connectivity index (χ2v) is 5.54. The molecule has 0 atom stereocenters. The van der Waals surface area contributed by atoms with E-state index in [0.29, 0.717) is 15.9 Å². The first-order valence-corrected chi connectivity index (χ1v) is 7.01. The number of nitrogens with zero attached hydrogens (tertiary/aromatic N) is 1. The molecule has 0 saturated heterocycles. The molecule has 6 heteroatoms. The van der Waals surface area contributed by atoms with Crippen LogP contribution >= 0.6 is 23.2 Å². The van der Waals surface area contributed by atoms with E-state index < -0.39 is 0 Å². The van der Waals surface area contributed by atoms with Gasteiger partial charge in [-0.05, 0) is 31.7 Å². The van der Waals surface area contributed by atoms with Crippen LogP contribution < -0.4 is 5.32 Å². The molecule has 1 aliphatic carbocycles. The van der Waals surface area contributed by atoms with Gasteiger partial charge in [0.15, 0.2) is 0 Å². The van der Waals surface area contributed by atoms with Gasteiger partial charge in [0.05, 0.1) is 23.1 Å². The van der Waals surface area contributed by atoms with Gasteiger partial charge < -0.3 is 10.1 Å². The lowest BCUT2D eigenvalue weighted by atomic mass is 9.86. The van der Waals surface area contributed by atoms with Gasteiger partial charge in [0, 0.05) is 12.2 Å². The van der Waals surface area contributed by atoms with Crippen molar-refractivity contribution in [3.63, 3.8) is 0 Å². The minimum atomic E-state index is -0.110. The van der Waals surface area contributed by atoms with E-state index in [4.69, 9.17) is 27.9 Å². The highest BCUT2D eigenvalue weighted by atomic mass is 35.5. The molecule has 0 spiro atoms. The third kappa shape index (κ3) is 3.74. The molecular weight excluding hydrogens is 287 g/mol. The maximum atomic E-state index is 11.4. The molecule has 0 radical (unpaired) electrons. The zero-order valence-corrected chi connectivity index (χ0v) is 12.2. The summed E-state index contributed by atoms with van der Waals surface area (Å²) in [6.07, 6.45) is 5.03. The standard InChI is InChI=1S/C13H16Cl2N2O2/c1-19-13(18)8-2-4-10(5-3-8)17-12-11(15)6-9(14)7-16-12/h6-8,10H,2-5H2,1H3,(H,16,17). The van der Waals surface area contributed by atoms with Crippen molar-refractivity contribution >= 4 is 35.0 Å². The highest BCUT2D eigenvalue weighted by molar-refractivity contribution is 6.35. The third-order valence-corrected chi connectivity index (χ3v) is 3.91. The van der Waals surface area contributed by atoms with Crippen molar-refractivity contribution in [2.45, 2.75) is 31.7 Å². The fourth-order valence-corrected chi connectivity index (χ4v) is 2.79. The molecule has 1 aromatic heterocycles. The Kier molecular flexibility index (Phi) is 4.88. The van der Waals surface area contributed by atoms with Gasteiger partial charge in [0.25, 0.3) is 0 Å². The molecule has 4 nitrogen and oxygen atoms in total. The van der Waals surface area contributed by atoms with Crippen LogP contribution in [0.4, 0.5) is 5.82 Å². The molecular formula is C13H16Cl2N2O2. The summed E-state index contributed by atoms with van der Waals surface area (Å²) in [5.41, 5.74) is 0. The van der Waals surface area contributed by atoms with Crippen molar-refractivity contribution in [3.05, 3.63) is 22.3 Å². The van der Waals surface area contributed by atoms with Crippen LogP contribution in [0.25, 0.3) is 0 Å². The summed E-state index contributed by atoms with van der Waals surface area (Å²) in [4.78, 5) is 15.6. The Hall–Kier alpha value is -1.000. The van der Waals surface area contributed by atoms with Gasteiger partial charge in [-0.2, -0.15) is 0 Å². The summed E-state index contributed by atoms with van der Waals surface area (Å²) < 4.78 is 4.77. The third-order valence-electron chi connectivity index (χ3n) is 3.41. The second-order valence-electron chi connectivity index (χ2n) is 4.70. The maximum Gasteiger partial charge on any atom is 0.308 e. The number of anilines is 1. The number of pyridine rings is 1. The van der Waals surface area contributed by atoms with Crippen molar-refractivity contribution in [2.24, 2.45) is 5.92 Å². The molecule has 1 N–H and O–H groups in total. The molecule has 1 aliphatic rings. The number of methoxy groups -OCH3 is 1. The van der Waals surface area contributed by atoms with Crippen molar-refractivity contribution in [1.29, 1.82) is 0 Å². The van der Waals surface area contributed by atoms with Gasteiger partial charge in [-0.1, -0.05) is 23.2 Å². The smallest absolute Gasteiger partial charge is 0.308 e. The molecule has 1 heterocycles. The molecule has 1 aromatic rings. The maximum absolute atomic E-state index is 11.4. The Morgan fingerprint density at radius 1 is 1.37 bits per heavy atom. The van der Waals surface area contributed by atoms with E-state index in [1.807, 2.05) is 0 Å². The first-order valence-electron chi connectivity index (χ1n) is 6.25. The van der Waals surface area contributed by atoms with Gasteiger partial charge in [0.1, 0.15) is 5.82 Å². The van der Waals surface area contributed by atoms with Crippen LogP contribution in [0.3, 0.4) is 0 Å². The second kappa shape index (κ2) is 6.44. The lowest BCUT2D eigenvalue weighted by Crippen LogP contribution is -2.30. The van der Waals surface area contributed by atoms with Gasteiger partial charge in [-0.25, -0.2) is 4.98 Å². The van der Waals surface area contributed by atoms with Gasteiger partial charge in [0.2, 0.25) is 0 Å². The number of aromatic nitrogens is 1. The van der Waals surface area contributed by atoms with Crippen LogP contribution in [-0.2, 0) is 9.53 Å². The zero-order chi connectivity index (χ0) is 13.8. The zero-order valence-electron chi connectivity index (χ0n) is 10.7. The van der Waals surface area contributed by atoms with E-state index in [0.717, 1.165) is 25.7 Å². The van der Waals surface area contributed by atoms with E-state index in [1.165, 1.54) is 7.11 Å². The molecule has 0 bridgehead atoms. The Bertz CT molecular complexity index is 460. The van der Waals surface area contributed by atoms with E-state index >= 15 is 0 Å². The van der Waals surface area contributed by atoms with Crippen molar-refractivity contribution in [1.82, 2.24) is 4.98 Å².